The van der Waals surface area contributed by atoms with Crippen LogP contribution in [0.5, 0.6) is 0 Å². The number of furan rings is 1. The molecule has 0 aliphatic heterocycles. The Morgan fingerprint density at radius 2 is 2.09 bits per heavy atom. The Bertz CT molecular complexity index is 802. The topological polar surface area (TPSA) is 78.3 Å². The van der Waals surface area contributed by atoms with Crippen molar-refractivity contribution in [1.29, 1.82) is 0 Å². The maximum atomic E-state index is 12.3. The van der Waals surface area contributed by atoms with Crippen LogP contribution in [0, 0.1) is 5.41 Å². The molecule has 118 valence electrons. The molecule has 3 aromatic rings. The summed E-state index contributed by atoms with van der Waals surface area (Å²) in [6.45, 7) is 0.461. The summed E-state index contributed by atoms with van der Waals surface area (Å²) in [5.41, 5.74) is 2.60. The molecule has 5 nitrogen and oxygen atoms in total. The Kier molecular flexibility index (Phi) is 3.23. The first-order chi connectivity index (χ1) is 11.2. The number of aliphatic hydroxyl groups excluding tert-OH is 1. The van der Waals surface area contributed by atoms with Crippen molar-refractivity contribution in [2.24, 2.45) is 5.41 Å². The van der Waals surface area contributed by atoms with E-state index in [-0.39, 0.29) is 11.3 Å². The predicted molar refractivity (Wildman–Crippen MR) is 86.0 cm³/mol. The molecule has 0 bridgehead atoms. The number of aromatic nitrogens is 1. The van der Waals surface area contributed by atoms with E-state index >= 15 is 0 Å². The first kappa shape index (κ1) is 14.1. The molecule has 1 aliphatic rings. The van der Waals surface area contributed by atoms with Crippen molar-refractivity contribution in [2.75, 3.05) is 6.54 Å². The van der Waals surface area contributed by atoms with Crippen LogP contribution in [0.2, 0.25) is 0 Å². The summed E-state index contributed by atoms with van der Waals surface area (Å²) in [6.07, 6.45) is 2.86. The van der Waals surface area contributed by atoms with Gasteiger partial charge >= 0.3 is 0 Å². The van der Waals surface area contributed by atoms with Crippen LogP contribution >= 0.6 is 0 Å². The summed E-state index contributed by atoms with van der Waals surface area (Å²) in [4.78, 5) is 15.3. The monoisotopic (exact) mass is 310 g/mol. The average molecular weight is 310 g/mol. The smallest absolute Gasteiger partial charge is 0.267 e. The lowest BCUT2D eigenvalue weighted by atomic mass is 9.92. The molecule has 2 aromatic heterocycles. The van der Waals surface area contributed by atoms with Crippen LogP contribution in [-0.4, -0.2) is 22.5 Å². The van der Waals surface area contributed by atoms with Gasteiger partial charge in [-0.05, 0) is 18.4 Å². The zero-order valence-electron chi connectivity index (χ0n) is 12.6. The van der Waals surface area contributed by atoms with Gasteiger partial charge in [-0.2, -0.15) is 0 Å². The lowest BCUT2D eigenvalue weighted by Gasteiger charge is -2.23. The zero-order chi connectivity index (χ0) is 15.9. The summed E-state index contributed by atoms with van der Waals surface area (Å²) >= 11 is 0. The number of rotatable bonds is 5. The van der Waals surface area contributed by atoms with Gasteiger partial charge in [-0.3, -0.25) is 4.79 Å². The number of aliphatic hydroxyl groups is 1. The number of amides is 1. The largest absolute Gasteiger partial charge is 0.463 e. The highest BCUT2D eigenvalue weighted by molar-refractivity contribution is 5.96. The van der Waals surface area contributed by atoms with Crippen LogP contribution in [0.25, 0.3) is 11.1 Å². The van der Waals surface area contributed by atoms with Gasteiger partial charge < -0.3 is 19.8 Å². The van der Waals surface area contributed by atoms with Crippen molar-refractivity contribution in [3.05, 3.63) is 60.0 Å². The van der Waals surface area contributed by atoms with Crippen molar-refractivity contribution in [2.45, 2.75) is 18.9 Å². The van der Waals surface area contributed by atoms with Crippen molar-refractivity contribution < 1.29 is 14.3 Å². The minimum Gasteiger partial charge on any atom is -0.463 e. The van der Waals surface area contributed by atoms with Gasteiger partial charge in [0.05, 0.1) is 17.9 Å². The molecular weight excluding hydrogens is 292 g/mol. The molecule has 0 spiro atoms. The Labute approximate surface area is 133 Å². The van der Waals surface area contributed by atoms with Crippen molar-refractivity contribution in [3.63, 3.8) is 0 Å². The van der Waals surface area contributed by atoms with Crippen molar-refractivity contribution in [1.82, 2.24) is 10.3 Å². The maximum absolute atomic E-state index is 12.3. The van der Waals surface area contributed by atoms with Gasteiger partial charge in [-0.25, -0.2) is 0 Å². The van der Waals surface area contributed by atoms with Crippen LogP contribution < -0.4 is 5.32 Å². The summed E-state index contributed by atoms with van der Waals surface area (Å²) < 4.78 is 5.25. The second-order valence-corrected chi connectivity index (χ2v) is 6.24. The molecule has 23 heavy (non-hydrogen) atoms. The predicted octanol–water partition coefficient (Wildman–Crippen LogP) is 3.00. The maximum Gasteiger partial charge on any atom is 0.267 e. The van der Waals surface area contributed by atoms with Crippen molar-refractivity contribution >= 4 is 17.0 Å². The molecule has 1 amide bonds. The fraction of sp³-hybridized carbons (Fsp3) is 0.278. The van der Waals surface area contributed by atoms with Gasteiger partial charge in [0.15, 0.2) is 5.58 Å². The van der Waals surface area contributed by atoms with E-state index in [9.17, 15) is 9.90 Å². The Morgan fingerprint density at radius 3 is 2.78 bits per heavy atom. The Hall–Kier alpha value is -2.53. The molecule has 3 N–H and O–H groups in total. The molecule has 1 saturated carbocycles. The number of carbonyl (C=O) groups excluding carboxylic acids is 1. The van der Waals surface area contributed by atoms with Gasteiger partial charge in [0.2, 0.25) is 0 Å². The van der Waals surface area contributed by atoms with Crippen LogP contribution in [0.1, 0.15) is 35.0 Å². The number of carbonyl (C=O) groups is 1. The van der Waals surface area contributed by atoms with Gasteiger partial charge in [0.1, 0.15) is 5.69 Å². The minimum atomic E-state index is -0.552. The number of hydrogen-bond donors (Lipinski definition) is 3. The molecule has 2 heterocycles. The minimum absolute atomic E-state index is 0.178. The summed E-state index contributed by atoms with van der Waals surface area (Å²) in [5.74, 6) is -0.178. The third-order valence-corrected chi connectivity index (χ3v) is 4.67. The Balaban J connectivity index is 1.44. The molecule has 0 saturated heterocycles. The number of fused-ring (bicyclic) bond motifs is 1. The molecule has 5 heteroatoms. The fourth-order valence-corrected chi connectivity index (χ4v) is 3.02. The highest BCUT2D eigenvalue weighted by Gasteiger charge is 2.49. The quantitative estimate of drug-likeness (QED) is 0.678. The first-order valence-corrected chi connectivity index (χ1v) is 7.75. The standard InChI is InChI=1S/C18H18N2O3/c21-16(12-4-2-1-3-5-12)18(7-8-18)11-19-17(22)14-10-15-13(20-14)6-9-23-15/h1-6,9-10,16,20-21H,7-8,11H2,(H,19,22). The van der Waals surface area contributed by atoms with Gasteiger partial charge in [0, 0.05) is 24.1 Å². The van der Waals surface area contributed by atoms with E-state index in [4.69, 9.17) is 4.42 Å². The van der Waals surface area contributed by atoms with E-state index < -0.39 is 6.10 Å². The van der Waals surface area contributed by atoms with E-state index in [1.165, 1.54) is 0 Å². The van der Waals surface area contributed by atoms with Crippen LogP contribution in [0.3, 0.4) is 0 Å². The third-order valence-electron chi connectivity index (χ3n) is 4.67. The lowest BCUT2D eigenvalue weighted by molar-refractivity contribution is 0.0805. The van der Waals surface area contributed by atoms with Crippen LogP contribution in [-0.2, 0) is 0 Å². The number of hydrogen-bond acceptors (Lipinski definition) is 3. The highest BCUT2D eigenvalue weighted by Crippen LogP contribution is 2.54. The second kappa shape index (κ2) is 5.28. The second-order valence-electron chi connectivity index (χ2n) is 6.24. The molecule has 1 aromatic carbocycles. The molecule has 1 aliphatic carbocycles. The molecular formula is C18H18N2O3. The lowest BCUT2D eigenvalue weighted by Crippen LogP contribution is -2.33. The van der Waals surface area contributed by atoms with Gasteiger partial charge in [0.25, 0.3) is 5.91 Å². The van der Waals surface area contributed by atoms with E-state index in [1.54, 1.807) is 18.4 Å². The van der Waals surface area contributed by atoms with E-state index in [2.05, 4.69) is 10.3 Å². The SMILES string of the molecule is O=C(NCC1(C(O)c2ccccc2)CC1)c1cc2occc2[nH]1. The normalized spacial score (nSPS) is 17.1. The average Bonchev–Trinajstić information content (AvgIpc) is 3.05. The van der Waals surface area contributed by atoms with Gasteiger partial charge in [-0.15, -0.1) is 0 Å². The zero-order valence-corrected chi connectivity index (χ0v) is 12.6. The summed E-state index contributed by atoms with van der Waals surface area (Å²) in [5, 5.41) is 13.5. The first-order valence-electron chi connectivity index (χ1n) is 7.75. The number of benzene rings is 1. The summed E-state index contributed by atoms with van der Waals surface area (Å²) in [7, 11) is 0. The number of nitrogens with one attached hydrogen (secondary N) is 2. The van der Waals surface area contributed by atoms with Crippen LogP contribution in [0.15, 0.2) is 53.1 Å². The van der Waals surface area contributed by atoms with Crippen LogP contribution in [0.4, 0.5) is 0 Å². The molecule has 4 rings (SSSR count). The van der Waals surface area contributed by atoms with Gasteiger partial charge in [-0.1, -0.05) is 30.3 Å². The number of H-pyrrole nitrogens is 1. The molecule has 1 unspecified atom stereocenters. The molecule has 0 radical (unpaired) electrons. The molecule has 1 fully saturated rings. The summed E-state index contributed by atoms with van der Waals surface area (Å²) in [6, 6.07) is 13.1. The van der Waals surface area contributed by atoms with E-state index in [0.29, 0.717) is 17.8 Å². The Morgan fingerprint density at radius 1 is 1.30 bits per heavy atom. The number of aromatic amines is 1. The van der Waals surface area contributed by atoms with E-state index in [0.717, 1.165) is 23.9 Å². The highest BCUT2D eigenvalue weighted by atomic mass is 16.3. The molecule has 1 atom stereocenters. The fourth-order valence-electron chi connectivity index (χ4n) is 3.02. The third kappa shape index (κ3) is 2.53. The van der Waals surface area contributed by atoms with E-state index in [1.807, 2.05) is 30.3 Å². The van der Waals surface area contributed by atoms with Crippen molar-refractivity contribution in [3.8, 4) is 0 Å².